The van der Waals surface area contributed by atoms with Gasteiger partial charge in [0, 0.05) is 30.6 Å². The van der Waals surface area contributed by atoms with E-state index in [9.17, 15) is 0 Å². The van der Waals surface area contributed by atoms with Crippen molar-refractivity contribution >= 4 is 5.82 Å². The molecule has 0 spiro atoms. The summed E-state index contributed by atoms with van der Waals surface area (Å²) in [6.07, 6.45) is 1.75. The lowest BCUT2D eigenvalue weighted by Gasteiger charge is -2.12. The number of aryl methyl sites for hydroxylation is 1. The molecule has 1 N–H and O–H groups in total. The van der Waals surface area contributed by atoms with E-state index in [-0.39, 0.29) is 0 Å². The topological polar surface area (TPSA) is 59.9 Å². The normalized spacial score (nSPS) is 10.7. The predicted molar refractivity (Wildman–Crippen MR) is 104 cm³/mol. The van der Waals surface area contributed by atoms with Crippen molar-refractivity contribution in [2.45, 2.75) is 33.9 Å². The van der Waals surface area contributed by atoms with Crippen molar-refractivity contribution in [1.29, 1.82) is 0 Å². The molecule has 0 radical (unpaired) electrons. The number of aromatic nitrogens is 3. The molecule has 0 saturated carbocycles. The molecule has 1 aromatic carbocycles. The van der Waals surface area contributed by atoms with Crippen LogP contribution in [0.25, 0.3) is 11.5 Å². The van der Waals surface area contributed by atoms with Gasteiger partial charge in [-0.15, -0.1) is 0 Å². The van der Waals surface area contributed by atoms with Crippen molar-refractivity contribution in [1.82, 2.24) is 15.0 Å². The average molecular weight is 348 g/mol. The Bertz CT molecular complexity index is 848. The van der Waals surface area contributed by atoms with Gasteiger partial charge in [-0.05, 0) is 44.0 Å². The van der Waals surface area contributed by atoms with Crippen LogP contribution in [0.2, 0.25) is 0 Å². The number of ether oxygens (including phenoxy) is 1. The van der Waals surface area contributed by atoms with Crippen molar-refractivity contribution in [3.63, 3.8) is 0 Å². The zero-order valence-electron chi connectivity index (χ0n) is 15.5. The maximum absolute atomic E-state index is 5.43. The fraction of sp³-hybridized carbons (Fsp3) is 0.286. The smallest absolute Gasteiger partial charge is 0.180 e. The van der Waals surface area contributed by atoms with E-state index >= 15 is 0 Å². The number of hydrogen-bond donors (Lipinski definition) is 1. The minimum Gasteiger partial charge on any atom is -0.377 e. The van der Waals surface area contributed by atoms with Crippen LogP contribution in [0.15, 0.2) is 48.7 Å². The molecule has 0 amide bonds. The van der Waals surface area contributed by atoms with E-state index in [1.807, 2.05) is 39.0 Å². The summed E-state index contributed by atoms with van der Waals surface area (Å²) < 4.78 is 5.43. The Balaban J connectivity index is 1.74. The van der Waals surface area contributed by atoms with Gasteiger partial charge in [-0.1, -0.05) is 30.3 Å². The molecule has 3 aromatic rings. The molecule has 0 atom stereocenters. The third-order valence-electron chi connectivity index (χ3n) is 4.24. The summed E-state index contributed by atoms with van der Waals surface area (Å²) >= 11 is 0. The van der Waals surface area contributed by atoms with Crippen LogP contribution in [0.5, 0.6) is 0 Å². The molecule has 0 aliphatic rings. The second-order valence-corrected chi connectivity index (χ2v) is 6.13. The Morgan fingerprint density at radius 1 is 0.962 bits per heavy atom. The SMILES string of the molecule is CCOCc1ccc(CNc2nc(-c3ccccn3)nc(C)c2C)cc1. The molecular weight excluding hydrogens is 324 g/mol. The standard InChI is InChI=1S/C21H24N4O/c1-4-26-14-18-10-8-17(9-11-18)13-23-20-15(2)16(3)24-21(25-20)19-7-5-6-12-22-19/h5-12H,4,13-14H2,1-3H3,(H,23,24,25). The van der Waals surface area contributed by atoms with Gasteiger partial charge in [-0.3, -0.25) is 4.98 Å². The molecule has 0 fully saturated rings. The Labute approximate surface area is 154 Å². The van der Waals surface area contributed by atoms with Gasteiger partial charge in [0.25, 0.3) is 0 Å². The molecule has 2 heterocycles. The van der Waals surface area contributed by atoms with Crippen LogP contribution in [0, 0.1) is 13.8 Å². The molecule has 5 heteroatoms. The fourth-order valence-corrected chi connectivity index (χ4v) is 2.57. The monoisotopic (exact) mass is 348 g/mol. The number of rotatable bonds is 7. The van der Waals surface area contributed by atoms with Crippen molar-refractivity contribution in [2.75, 3.05) is 11.9 Å². The van der Waals surface area contributed by atoms with E-state index < -0.39 is 0 Å². The van der Waals surface area contributed by atoms with Crippen LogP contribution in [-0.4, -0.2) is 21.6 Å². The summed E-state index contributed by atoms with van der Waals surface area (Å²) in [5.74, 6) is 1.49. The molecule has 3 rings (SSSR count). The van der Waals surface area contributed by atoms with Crippen LogP contribution in [0.3, 0.4) is 0 Å². The Morgan fingerprint density at radius 3 is 2.42 bits per heavy atom. The van der Waals surface area contributed by atoms with Crippen molar-refractivity contribution in [2.24, 2.45) is 0 Å². The van der Waals surface area contributed by atoms with E-state index in [1.54, 1.807) is 6.20 Å². The largest absolute Gasteiger partial charge is 0.377 e. The first-order chi connectivity index (χ1) is 12.7. The Kier molecular flexibility index (Phi) is 5.92. The van der Waals surface area contributed by atoms with Crippen molar-refractivity contribution in [3.8, 4) is 11.5 Å². The summed E-state index contributed by atoms with van der Waals surface area (Å²) in [4.78, 5) is 13.6. The van der Waals surface area contributed by atoms with Gasteiger partial charge >= 0.3 is 0 Å². The molecule has 0 aliphatic heterocycles. The maximum Gasteiger partial charge on any atom is 0.180 e. The lowest BCUT2D eigenvalue weighted by molar-refractivity contribution is 0.134. The molecule has 0 saturated heterocycles. The summed E-state index contributed by atoms with van der Waals surface area (Å²) in [6, 6.07) is 14.2. The number of nitrogens with zero attached hydrogens (tertiary/aromatic N) is 3. The third kappa shape index (κ3) is 4.43. The quantitative estimate of drug-likeness (QED) is 0.690. The van der Waals surface area contributed by atoms with E-state index in [1.165, 1.54) is 11.1 Å². The highest BCUT2D eigenvalue weighted by Crippen LogP contribution is 2.21. The molecule has 2 aromatic heterocycles. The molecule has 0 unspecified atom stereocenters. The molecule has 26 heavy (non-hydrogen) atoms. The Hall–Kier alpha value is -2.79. The summed E-state index contributed by atoms with van der Waals surface area (Å²) in [5, 5.41) is 3.43. The number of benzene rings is 1. The number of hydrogen-bond acceptors (Lipinski definition) is 5. The Morgan fingerprint density at radius 2 is 1.73 bits per heavy atom. The van der Waals surface area contributed by atoms with Crippen molar-refractivity contribution in [3.05, 3.63) is 71.0 Å². The first-order valence-corrected chi connectivity index (χ1v) is 8.83. The van der Waals surface area contributed by atoms with Crippen LogP contribution >= 0.6 is 0 Å². The summed E-state index contributed by atoms with van der Waals surface area (Å²) in [6.45, 7) is 8.12. The zero-order valence-corrected chi connectivity index (χ0v) is 15.5. The average Bonchev–Trinajstić information content (AvgIpc) is 2.69. The number of anilines is 1. The highest BCUT2D eigenvalue weighted by Gasteiger charge is 2.10. The molecule has 5 nitrogen and oxygen atoms in total. The first-order valence-electron chi connectivity index (χ1n) is 8.83. The predicted octanol–water partition coefficient (Wildman–Crippen LogP) is 4.30. The van der Waals surface area contributed by atoms with Gasteiger partial charge in [0.1, 0.15) is 11.5 Å². The van der Waals surface area contributed by atoms with Gasteiger partial charge in [0.2, 0.25) is 0 Å². The van der Waals surface area contributed by atoms with E-state index in [4.69, 9.17) is 4.74 Å². The summed E-state index contributed by atoms with van der Waals surface area (Å²) in [5.41, 5.74) is 5.16. The first kappa shape index (κ1) is 18.0. The van der Waals surface area contributed by atoms with Crippen molar-refractivity contribution < 1.29 is 4.74 Å². The van der Waals surface area contributed by atoms with E-state index in [2.05, 4.69) is 44.5 Å². The van der Waals surface area contributed by atoms with Gasteiger partial charge in [-0.2, -0.15) is 0 Å². The van der Waals surface area contributed by atoms with Crippen LogP contribution in [0.1, 0.15) is 29.3 Å². The highest BCUT2D eigenvalue weighted by molar-refractivity contribution is 5.56. The molecule has 0 aliphatic carbocycles. The lowest BCUT2D eigenvalue weighted by Crippen LogP contribution is -2.07. The van der Waals surface area contributed by atoms with E-state index in [0.717, 1.165) is 29.4 Å². The second kappa shape index (κ2) is 8.54. The third-order valence-corrected chi connectivity index (χ3v) is 4.24. The number of nitrogens with one attached hydrogen (secondary N) is 1. The summed E-state index contributed by atoms with van der Waals surface area (Å²) in [7, 11) is 0. The van der Waals surface area contributed by atoms with Gasteiger partial charge < -0.3 is 10.1 Å². The maximum atomic E-state index is 5.43. The zero-order chi connectivity index (χ0) is 18.4. The van der Waals surface area contributed by atoms with E-state index in [0.29, 0.717) is 19.0 Å². The van der Waals surface area contributed by atoms with Gasteiger partial charge in [-0.25, -0.2) is 9.97 Å². The number of pyridine rings is 1. The molecule has 0 bridgehead atoms. The molecule has 134 valence electrons. The van der Waals surface area contributed by atoms with Gasteiger partial charge in [0.05, 0.1) is 6.61 Å². The van der Waals surface area contributed by atoms with Crippen LogP contribution in [-0.2, 0) is 17.9 Å². The van der Waals surface area contributed by atoms with Gasteiger partial charge in [0.15, 0.2) is 5.82 Å². The highest BCUT2D eigenvalue weighted by atomic mass is 16.5. The minimum atomic E-state index is 0.642. The fourth-order valence-electron chi connectivity index (χ4n) is 2.57. The second-order valence-electron chi connectivity index (χ2n) is 6.13. The van der Waals surface area contributed by atoms with Crippen LogP contribution in [0.4, 0.5) is 5.82 Å². The van der Waals surface area contributed by atoms with Crippen LogP contribution < -0.4 is 5.32 Å². The minimum absolute atomic E-state index is 0.642. The lowest BCUT2D eigenvalue weighted by atomic mass is 10.1. The molecular formula is C21H24N4O.